The highest BCUT2D eigenvalue weighted by Gasteiger charge is 2.26. The zero-order chi connectivity index (χ0) is 13.6. The second-order valence-electron chi connectivity index (χ2n) is 5.45. The fourth-order valence-corrected chi connectivity index (χ4v) is 2.60. The van der Waals surface area contributed by atoms with Gasteiger partial charge in [-0.25, -0.2) is 0 Å². The normalized spacial score (nSPS) is 25.7. The lowest BCUT2D eigenvalue weighted by atomic mass is 9.86. The van der Waals surface area contributed by atoms with E-state index in [1.807, 2.05) is 7.05 Å². The summed E-state index contributed by atoms with van der Waals surface area (Å²) in [7, 11) is 1.93. The van der Waals surface area contributed by atoms with Gasteiger partial charge in [0.05, 0.1) is 6.10 Å². The summed E-state index contributed by atoms with van der Waals surface area (Å²) >= 11 is 0. The van der Waals surface area contributed by atoms with Crippen LogP contribution in [0.15, 0.2) is 0 Å². The Balaban J connectivity index is 2.11. The predicted molar refractivity (Wildman–Crippen MR) is 65.4 cm³/mol. The topological polar surface area (TPSA) is 23.5 Å². The number of halogens is 3. The molecule has 2 nitrogen and oxygen atoms in total. The maximum absolute atomic E-state index is 12.0. The standard InChI is InChI=1S/C13H24F3NO/c1-17(9-5-4-8-13(14,15)16)10-11-6-2-3-7-12(11)18/h11-12,18H,2-10H2,1H3. The Morgan fingerprint density at radius 2 is 1.83 bits per heavy atom. The number of aliphatic hydroxyl groups is 1. The first-order valence-corrected chi connectivity index (χ1v) is 6.82. The van der Waals surface area contributed by atoms with Crippen molar-refractivity contribution in [3.63, 3.8) is 0 Å². The summed E-state index contributed by atoms with van der Waals surface area (Å²) in [6.07, 6.45) is -0.0290. The average molecular weight is 267 g/mol. The van der Waals surface area contributed by atoms with Crippen LogP contribution in [0.5, 0.6) is 0 Å². The molecule has 5 heteroatoms. The third-order valence-electron chi connectivity index (χ3n) is 3.67. The molecule has 1 aliphatic rings. The maximum Gasteiger partial charge on any atom is 0.389 e. The molecule has 1 saturated carbocycles. The van der Waals surface area contributed by atoms with E-state index in [1.165, 1.54) is 0 Å². The van der Waals surface area contributed by atoms with Crippen molar-refractivity contribution in [2.45, 2.75) is 57.2 Å². The van der Waals surface area contributed by atoms with Crippen molar-refractivity contribution in [3.8, 4) is 0 Å². The Labute approximate surface area is 107 Å². The SMILES string of the molecule is CN(CCCCC(F)(F)F)CC1CCCCC1O. The summed E-state index contributed by atoms with van der Waals surface area (Å²) in [4.78, 5) is 2.05. The monoisotopic (exact) mass is 267 g/mol. The Bertz CT molecular complexity index is 233. The highest BCUT2D eigenvalue weighted by molar-refractivity contribution is 4.76. The molecular formula is C13H24F3NO. The molecule has 1 fully saturated rings. The molecule has 0 aromatic heterocycles. The highest BCUT2D eigenvalue weighted by Crippen LogP contribution is 2.25. The first-order chi connectivity index (χ1) is 8.38. The number of hydrogen-bond acceptors (Lipinski definition) is 2. The van der Waals surface area contributed by atoms with E-state index in [4.69, 9.17) is 0 Å². The molecule has 0 aliphatic heterocycles. The van der Waals surface area contributed by atoms with Gasteiger partial charge in [-0.05, 0) is 45.2 Å². The second-order valence-corrected chi connectivity index (χ2v) is 5.45. The second kappa shape index (κ2) is 7.34. The fraction of sp³-hybridized carbons (Fsp3) is 1.00. The molecule has 1 rings (SSSR count). The summed E-state index contributed by atoms with van der Waals surface area (Å²) in [5.74, 6) is 0.298. The molecule has 0 saturated heterocycles. The summed E-state index contributed by atoms with van der Waals surface area (Å²) < 4.78 is 35.9. The van der Waals surface area contributed by atoms with Crippen LogP contribution in [0.2, 0.25) is 0 Å². The van der Waals surface area contributed by atoms with Gasteiger partial charge in [-0.1, -0.05) is 12.8 Å². The molecule has 0 heterocycles. The number of hydrogen-bond donors (Lipinski definition) is 1. The molecule has 1 aliphatic carbocycles. The lowest BCUT2D eigenvalue weighted by molar-refractivity contribution is -0.135. The van der Waals surface area contributed by atoms with Crippen molar-refractivity contribution in [1.29, 1.82) is 0 Å². The quantitative estimate of drug-likeness (QED) is 0.747. The summed E-state index contributed by atoms with van der Waals surface area (Å²) in [5.41, 5.74) is 0. The molecule has 0 aromatic rings. The van der Waals surface area contributed by atoms with Crippen molar-refractivity contribution >= 4 is 0 Å². The van der Waals surface area contributed by atoms with Crippen LogP contribution in [0.1, 0.15) is 44.9 Å². The largest absolute Gasteiger partial charge is 0.393 e. The average Bonchev–Trinajstić information content (AvgIpc) is 2.26. The third kappa shape index (κ3) is 6.59. The molecule has 0 bridgehead atoms. The van der Waals surface area contributed by atoms with E-state index in [-0.39, 0.29) is 12.5 Å². The van der Waals surface area contributed by atoms with Gasteiger partial charge in [-0.15, -0.1) is 0 Å². The van der Waals surface area contributed by atoms with Crippen LogP contribution in [0.3, 0.4) is 0 Å². The Hall–Kier alpha value is -0.290. The molecule has 1 N–H and O–H groups in total. The first-order valence-electron chi connectivity index (χ1n) is 6.82. The van der Waals surface area contributed by atoms with Gasteiger partial charge in [0.25, 0.3) is 0 Å². The molecule has 2 unspecified atom stereocenters. The molecule has 0 radical (unpaired) electrons. The van der Waals surface area contributed by atoms with Crippen LogP contribution in [-0.4, -0.2) is 42.4 Å². The molecule has 0 aromatic carbocycles. The third-order valence-corrected chi connectivity index (χ3v) is 3.67. The molecule has 0 amide bonds. The Kier molecular flexibility index (Phi) is 6.43. The molecule has 18 heavy (non-hydrogen) atoms. The van der Waals surface area contributed by atoms with Crippen molar-refractivity contribution in [3.05, 3.63) is 0 Å². The summed E-state index contributed by atoms with van der Waals surface area (Å²) in [5, 5.41) is 9.82. The molecule has 108 valence electrons. The lowest BCUT2D eigenvalue weighted by Gasteiger charge is -2.31. The van der Waals surface area contributed by atoms with Crippen LogP contribution in [0.4, 0.5) is 13.2 Å². The van der Waals surface area contributed by atoms with Crippen LogP contribution in [0, 0.1) is 5.92 Å². The maximum atomic E-state index is 12.0. The number of alkyl halides is 3. The van der Waals surface area contributed by atoms with Crippen LogP contribution in [0.25, 0.3) is 0 Å². The van der Waals surface area contributed by atoms with Gasteiger partial charge in [0.2, 0.25) is 0 Å². The van der Waals surface area contributed by atoms with Gasteiger partial charge in [0.1, 0.15) is 0 Å². The van der Waals surface area contributed by atoms with E-state index in [2.05, 4.69) is 4.90 Å². The smallest absolute Gasteiger partial charge is 0.389 e. The van der Waals surface area contributed by atoms with Gasteiger partial charge in [0, 0.05) is 13.0 Å². The van der Waals surface area contributed by atoms with E-state index in [1.54, 1.807) is 0 Å². The predicted octanol–water partition coefficient (Wildman–Crippen LogP) is 3.20. The lowest BCUT2D eigenvalue weighted by Crippen LogP contribution is -2.35. The van der Waals surface area contributed by atoms with Gasteiger partial charge in [-0.3, -0.25) is 0 Å². The van der Waals surface area contributed by atoms with Crippen molar-refractivity contribution < 1.29 is 18.3 Å². The summed E-state index contributed by atoms with van der Waals surface area (Å²) in [6, 6.07) is 0. The number of nitrogens with zero attached hydrogens (tertiary/aromatic N) is 1. The zero-order valence-corrected chi connectivity index (χ0v) is 11.0. The van der Waals surface area contributed by atoms with E-state index in [0.29, 0.717) is 18.9 Å². The number of rotatable bonds is 6. The van der Waals surface area contributed by atoms with Crippen LogP contribution >= 0.6 is 0 Å². The molecule has 2 atom stereocenters. The van der Waals surface area contributed by atoms with Crippen molar-refractivity contribution in [1.82, 2.24) is 4.90 Å². The number of unbranched alkanes of at least 4 members (excludes halogenated alkanes) is 1. The molecular weight excluding hydrogens is 243 g/mol. The van der Waals surface area contributed by atoms with Gasteiger partial charge >= 0.3 is 6.18 Å². The van der Waals surface area contributed by atoms with Gasteiger partial charge in [0.15, 0.2) is 0 Å². The minimum absolute atomic E-state index is 0.195. The van der Waals surface area contributed by atoms with Crippen molar-refractivity contribution in [2.75, 3.05) is 20.1 Å². The number of aliphatic hydroxyl groups excluding tert-OH is 1. The van der Waals surface area contributed by atoms with Crippen LogP contribution < -0.4 is 0 Å². The molecule has 0 spiro atoms. The highest BCUT2D eigenvalue weighted by atomic mass is 19.4. The Morgan fingerprint density at radius 1 is 1.17 bits per heavy atom. The minimum atomic E-state index is -4.03. The minimum Gasteiger partial charge on any atom is -0.393 e. The van der Waals surface area contributed by atoms with Gasteiger partial charge < -0.3 is 10.0 Å². The van der Waals surface area contributed by atoms with Gasteiger partial charge in [-0.2, -0.15) is 13.2 Å². The summed E-state index contributed by atoms with van der Waals surface area (Å²) in [6.45, 7) is 1.48. The fourth-order valence-electron chi connectivity index (χ4n) is 2.60. The zero-order valence-electron chi connectivity index (χ0n) is 11.0. The first kappa shape index (κ1) is 15.8. The van der Waals surface area contributed by atoms with Crippen molar-refractivity contribution in [2.24, 2.45) is 5.92 Å². The van der Waals surface area contributed by atoms with E-state index < -0.39 is 12.6 Å². The van der Waals surface area contributed by atoms with Crippen LogP contribution in [-0.2, 0) is 0 Å². The van der Waals surface area contributed by atoms with E-state index >= 15 is 0 Å². The van der Waals surface area contributed by atoms with E-state index in [0.717, 1.165) is 32.2 Å². The van der Waals surface area contributed by atoms with E-state index in [9.17, 15) is 18.3 Å². The Morgan fingerprint density at radius 3 is 2.44 bits per heavy atom.